The van der Waals surface area contributed by atoms with Crippen molar-refractivity contribution in [1.29, 1.82) is 0 Å². The summed E-state index contributed by atoms with van der Waals surface area (Å²) in [7, 11) is 5.19. The van der Waals surface area contributed by atoms with Crippen molar-refractivity contribution in [3.05, 3.63) is 95.6 Å². The molecule has 3 aromatic carbocycles. The molecule has 41 heteroatoms. The maximum absolute atomic E-state index is 15.9. The summed E-state index contributed by atoms with van der Waals surface area (Å²) in [5.74, 6) is -7.37. The van der Waals surface area contributed by atoms with E-state index < -0.39 is 179 Å². The molecule has 0 aromatic heterocycles. The highest BCUT2D eigenvalue weighted by molar-refractivity contribution is 8.38. The zero-order chi connectivity index (χ0) is 103. The molecular formula is C99H147N7O31PS2-. The third-order valence-corrected chi connectivity index (χ3v) is 25.0. The smallest absolute Gasteiger partial charge is 0.307 e. The molecule has 0 aliphatic carbocycles. The van der Waals surface area contributed by atoms with Crippen LogP contribution in [-0.4, -0.2) is 272 Å². The first-order valence-electron chi connectivity index (χ1n) is 48.3. The molecule has 5 N–H and O–H groups in total. The number of hydrogen-bond donors (Lipinski definition) is 5. The monoisotopic (exact) mass is 2020 g/mol. The molecule has 140 heavy (non-hydrogen) atoms. The van der Waals surface area contributed by atoms with Gasteiger partial charge in [0.25, 0.3) is 5.91 Å². The van der Waals surface area contributed by atoms with Crippen LogP contribution < -0.4 is 35.5 Å². The second kappa shape index (κ2) is 63.9. The SMILES string of the molecule is COc1ccc(C(OCC(OC(=O)CCC(=O)N[S-](=P)=S)C(=O)N(CCCCN(CCCCC(=O)CCCCCCO[C@@H]2OC(COC(C)=O)[C@H](OC(C)=O)[C@H](C)C2NC(C)=O)C(=O)CCCCCCO[C@@H]2OC(COC(C)=O)[C@H](OC(C)=O)[C@H](C)C2NC(C)=O)CCCNC(=O)CCCCCCO[C@@H]2OC(COC(C)=O)[C@H](OC(C)=O)[C@H](C)C2NC(C)=O)(c2ccccc2)c2ccc(OC)cc2)cc1. The first-order chi connectivity index (χ1) is 66.8. The molecule has 0 spiro atoms. The van der Waals surface area contributed by atoms with Gasteiger partial charge in [-0.1, -0.05) is 114 Å². The van der Waals surface area contributed by atoms with E-state index in [-0.39, 0.29) is 133 Å². The van der Waals surface area contributed by atoms with Gasteiger partial charge in [0.2, 0.25) is 41.5 Å². The number of hydrogen-bond acceptors (Lipinski definition) is 33. The largest absolute Gasteiger partial charge is 0.497 e. The van der Waals surface area contributed by atoms with Gasteiger partial charge in [0.05, 0.1) is 45.4 Å². The minimum atomic E-state index is -1.67. The number of nitrogens with zero attached hydrogens (tertiary/aromatic N) is 2. The Balaban J connectivity index is 1.21. The first-order valence-corrected chi connectivity index (χ1v) is 51.7. The second-order valence-corrected chi connectivity index (χ2v) is 39.2. The standard InChI is InChI=1S/C99H147N7O31PS2/c1-63-89(101-66(4)107)96(135-81(59-127-69(7)110)92(63)131-72(10)113)124-56-31-18-15-24-37-78(116)38-27-28-52-105(87(119)40-26-17-20-33-58-126-98-91(103-68(6)109)65(3)94(133-74(12)115)83(137-98)61-129-71(9)112)53-29-30-54-106(55-34-51-100-85(117)39-25-16-19-32-57-125-97-90(102-67(5)108)64(2)93(132-73(11)114)82(136-97)60-128-70(8)111)95(121)84(134-88(120)50-49-86(118)104-140(138)139)62-130-99(75-35-22-21-23-36-75,76-41-45-79(122-13)46-42-76)77-43-47-80(123-14)48-44-77/h21-23,35-36,41-48,63-65,81-84,89-94,96-98,138H,15-20,24-34,37-40,49-62H2,1-14H3,(H,100,117)(H,101,107)(H,102,108)(H,103,109)(H,104,118,139)/q-1/t63-,64-,65-,81?,82?,83?,84?,89?,90?,91?,92-,93-,94-,96-,97-,98-/m1/s1. The van der Waals surface area contributed by atoms with Crippen LogP contribution in [0.5, 0.6) is 11.5 Å². The highest BCUT2D eigenvalue weighted by Crippen LogP contribution is 2.43. The molecule has 6 rings (SSSR count). The highest BCUT2D eigenvalue weighted by atomic mass is 32.9. The van der Waals surface area contributed by atoms with Crippen molar-refractivity contribution in [2.45, 2.75) is 316 Å². The van der Waals surface area contributed by atoms with E-state index in [0.717, 1.165) is 0 Å². The van der Waals surface area contributed by atoms with Crippen LogP contribution in [0, 0.1) is 17.8 Å². The molecular weight excluding hydrogens is 1880 g/mol. The van der Waals surface area contributed by atoms with Gasteiger partial charge in [-0.2, -0.15) is 0 Å². The molecule has 3 aromatic rings. The number of carbonyl (C=O) groups excluding carboxylic acids is 15. The Morgan fingerprint density at radius 2 is 0.786 bits per heavy atom. The van der Waals surface area contributed by atoms with Gasteiger partial charge in [0.15, 0.2) is 18.9 Å². The van der Waals surface area contributed by atoms with Gasteiger partial charge in [0, 0.05) is 165 Å². The third-order valence-electron chi connectivity index (χ3n) is 24.1. The number of carbonyl (C=O) groups is 15. The van der Waals surface area contributed by atoms with Crippen molar-refractivity contribution in [3.63, 3.8) is 0 Å². The van der Waals surface area contributed by atoms with Crippen LogP contribution in [0.3, 0.4) is 0 Å². The average molecular weight is 2030 g/mol. The Morgan fingerprint density at radius 3 is 1.17 bits per heavy atom. The first kappa shape index (κ1) is 119. The molecule has 7 unspecified atom stereocenters. The fourth-order valence-corrected chi connectivity index (χ4v) is 18.0. The maximum atomic E-state index is 15.9. The molecule has 0 radical (unpaired) electrons. The summed E-state index contributed by atoms with van der Waals surface area (Å²) >= 11 is 5.15. The number of Topliss-reactive ketones (excluding diaryl/α,β-unsaturated/α-hetero) is 1. The molecule has 3 fully saturated rings. The van der Waals surface area contributed by atoms with Crippen LogP contribution in [-0.2, 0) is 164 Å². The molecule has 16 atom stereocenters. The van der Waals surface area contributed by atoms with Gasteiger partial charge in [-0.3, -0.25) is 88.8 Å². The lowest BCUT2D eigenvalue weighted by atomic mass is 9.80. The maximum Gasteiger partial charge on any atom is 0.307 e. The van der Waals surface area contributed by atoms with Crippen LogP contribution in [0.1, 0.15) is 247 Å². The fourth-order valence-electron chi connectivity index (χ4n) is 17.1. The minimum absolute atomic E-state index is 0.0235. The van der Waals surface area contributed by atoms with Gasteiger partial charge in [-0.25, -0.2) is 11.2 Å². The Labute approximate surface area is 830 Å². The number of nitrogens with one attached hydrogen (secondary N) is 5. The molecule has 3 aliphatic rings. The molecule has 3 aliphatic heterocycles. The van der Waals surface area contributed by atoms with E-state index >= 15 is 4.79 Å². The number of benzene rings is 3. The average Bonchev–Trinajstić information content (AvgIpc) is 0.749. The van der Waals surface area contributed by atoms with E-state index in [1.165, 1.54) is 62.3 Å². The molecule has 3 saturated heterocycles. The van der Waals surface area contributed by atoms with Crippen molar-refractivity contribution >= 4 is 117 Å². The van der Waals surface area contributed by atoms with Gasteiger partial charge in [-0.15, -0.1) is 0 Å². The number of amides is 7. The molecule has 0 bridgehead atoms. The summed E-state index contributed by atoms with van der Waals surface area (Å²) in [6, 6.07) is 21.6. The van der Waals surface area contributed by atoms with Gasteiger partial charge >= 0.3 is 41.8 Å². The predicted molar refractivity (Wildman–Crippen MR) is 517 cm³/mol. The second-order valence-electron chi connectivity index (χ2n) is 35.3. The quantitative estimate of drug-likeness (QED) is 0.00876. The van der Waals surface area contributed by atoms with Gasteiger partial charge < -0.3 is 112 Å². The fraction of sp³-hybridized carbons (Fsp3) is 0.667. The lowest BCUT2D eigenvalue weighted by molar-refractivity contribution is -0.262. The van der Waals surface area contributed by atoms with Crippen LogP contribution in [0.2, 0.25) is 0 Å². The van der Waals surface area contributed by atoms with Crippen LogP contribution in [0.15, 0.2) is 78.9 Å². The van der Waals surface area contributed by atoms with E-state index in [2.05, 4.69) is 34.0 Å². The van der Waals surface area contributed by atoms with E-state index in [4.69, 9.17) is 87.0 Å². The Morgan fingerprint density at radius 1 is 0.421 bits per heavy atom. The third kappa shape index (κ3) is 42.3. The van der Waals surface area contributed by atoms with Crippen molar-refractivity contribution < 1.29 is 148 Å². The van der Waals surface area contributed by atoms with Crippen molar-refractivity contribution in [2.75, 3.05) is 93.2 Å². The zero-order valence-corrected chi connectivity index (χ0v) is 86.0. The zero-order valence-electron chi connectivity index (χ0n) is 83.4. The molecule has 3 heterocycles. The number of rotatable bonds is 64. The summed E-state index contributed by atoms with van der Waals surface area (Å²) in [6.45, 7) is 17.0. The Bertz CT molecular complexity index is 4460. The molecule has 0 saturated carbocycles. The number of methoxy groups -OCH3 is 2. The topological polar surface area (TPSA) is 470 Å². The van der Waals surface area contributed by atoms with Gasteiger partial charge in [0.1, 0.15) is 79.3 Å². The predicted octanol–water partition coefficient (Wildman–Crippen LogP) is 9.54. The summed E-state index contributed by atoms with van der Waals surface area (Å²) in [5, 5.41) is 11.6. The Kier molecular flexibility index (Phi) is 54.2. The van der Waals surface area contributed by atoms with Crippen molar-refractivity contribution in [1.82, 2.24) is 35.8 Å². The normalized spacial score (nSPS) is 21.3. The van der Waals surface area contributed by atoms with Crippen LogP contribution in [0.25, 0.3) is 0 Å². The van der Waals surface area contributed by atoms with Gasteiger partial charge in [-0.05, 0) is 112 Å². The molecule has 782 valence electrons. The summed E-state index contributed by atoms with van der Waals surface area (Å²) < 4.78 is 97.0. The molecule has 38 nitrogen and oxygen atoms in total. The van der Waals surface area contributed by atoms with Crippen LogP contribution in [0.4, 0.5) is 0 Å². The highest BCUT2D eigenvalue weighted by Gasteiger charge is 2.51. The minimum Gasteiger partial charge on any atom is -0.497 e. The molecule has 7 amide bonds. The van der Waals surface area contributed by atoms with Crippen molar-refractivity contribution in [3.8, 4) is 11.5 Å². The number of esters is 7. The van der Waals surface area contributed by atoms with E-state index in [1.807, 2.05) is 54.6 Å². The van der Waals surface area contributed by atoms with E-state index in [1.54, 1.807) is 69.1 Å². The summed E-state index contributed by atoms with van der Waals surface area (Å²) in [6.07, 6.45) is -0.715. The number of ether oxygens (including phenoxy) is 16. The Hall–Kier alpha value is -9.90. The number of ketones is 1. The van der Waals surface area contributed by atoms with E-state index in [0.29, 0.717) is 144 Å². The lowest BCUT2D eigenvalue weighted by Crippen LogP contribution is -2.62. The summed E-state index contributed by atoms with van der Waals surface area (Å²) in [4.78, 5) is 198. The number of unbranched alkanes of at least 4 members (excludes halogenated alkanes) is 11. The lowest BCUT2D eigenvalue weighted by Gasteiger charge is -2.44. The van der Waals surface area contributed by atoms with E-state index in [9.17, 15) is 67.1 Å². The van der Waals surface area contributed by atoms with Crippen molar-refractivity contribution in [2.24, 2.45) is 17.8 Å². The van der Waals surface area contributed by atoms with Crippen LogP contribution >= 0.6 is 8.02 Å². The summed E-state index contributed by atoms with van der Waals surface area (Å²) in [5.41, 5.74) is 0.326.